The molecule has 0 fully saturated rings. The number of aryl methyl sites for hydroxylation is 2. The summed E-state index contributed by atoms with van der Waals surface area (Å²) in [5.74, 6) is -0.120. The summed E-state index contributed by atoms with van der Waals surface area (Å²) in [5.41, 5.74) is 3.21. The number of nitrogens with one attached hydrogen (secondary N) is 1. The molecule has 0 saturated heterocycles. The minimum atomic E-state index is -0.355. The standard InChI is InChI=1S/C20H22FN7O.Tl/c1-3-16-18(27-11-13(2)9-24-20(27)26-16)19(29)23-10-14-4-5-17(15(21)8-14)28-7-6-22-12-25-28;/h4-5,8-9,11-12H,3,6-7,10H2,1-2H3,(H2,22,23,25,29);/q;+1/p-1. The van der Waals surface area contributed by atoms with Crippen LogP contribution in [-0.2, 0) is 13.0 Å². The number of rotatable bonds is 5. The van der Waals surface area contributed by atoms with Crippen molar-refractivity contribution in [2.45, 2.75) is 26.8 Å². The van der Waals surface area contributed by atoms with Crippen LogP contribution in [0.4, 0.5) is 10.1 Å². The fourth-order valence-electron chi connectivity index (χ4n) is 3.34. The average Bonchev–Trinajstić information content (AvgIpc) is 3.10. The second-order valence-electron chi connectivity index (χ2n) is 7.12. The Morgan fingerprint density at radius 2 is 2.17 bits per heavy atom. The molecule has 4 rings (SSSR count). The van der Waals surface area contributed by atoms with Crippen LogP contribution in [0.1, 0.15) is 34.2 Å². The number of halogens is 1. The molecule has 0 aliphatic carbocycles. The van der Waals surface area contributed by atoms with Gasteiger partial charge in [0.2, 0.25) is 5.78 Å². The summed E-state index contributed by atoms with van der Waals surface area (Å²) in [5, 5.41) is 8.83. The number of aromatic nitrogens is 3. The molecule has 0 spiro atoms. The molecule has 0 radical (unpaired) electrons. The molecule has 2 aromatic heterocycles. The van der Waals surface area contributed by atoms with Crippen LogP contribution < -0.4 is 10.3 Å². The summed E-state index contributed by atoms with van der Waals surface area (Å²) in [6, 6.07) is 4.96. The molecule has 3 heterocycles. The van der Waals surface area contributed by atoms with E-state index in [0.717, 1.165) is 12.1 Å². The molecular formula is C20H21FN7OTl. The van der Waals surface area contributed by atoms with Gasteiger partial charge < -0.3 is 0 Å². The summed E-state index contributed by atoms with van der Waals surface area (Å²) < 4.78 is 18.5. The number of anilines is 1. The van der Waals surface area contributed by atoms with E-state index in [1.54, 1.807) is 28.0 Å². The Kier molecular flexibility index (Phi) is 5.97. The Labute approximate surface area is 189 Å². The molecule has 0 atom stereocenters. The maximum absolute atomic E-state index is 14.6. The van der Waals surface area contributed by atoms with E-state index < -0.39 is 0 Å². The molecule has 1 aliphatic heterocycles. The summed E-state index contributed by atoms with van der Waals surface area (Å²) in [4.78, 5) is 21.6. The number of hydrazone groups is 1. The Morgan fingerprint density at radius 1 is 1.33 bits per heavy atom. The molecule has 0 bridgehead atoms. The normalized spacial score (nSPS) is 13.8. The number of amides is 1. The number of carbonyl (C=O) groups excluding carboxylic acids is 1. The fourth-order valence-corrected chi connectivity index (χ4v) is 4.02. The Morgan fingerprint density at radius 3 is 2.87 bits per heavy atom. The SMILES string of the molecule is CCc1nc2ncc(C)cn2c1C(=O)NCc1ccc(N2CC[N]([Tl])C=N2)c(F)c1. The van der Waals surface area contributed by atoms with Crippen molar-refractivity contribution in [1.29, 1.82) is 0 Å². The van der Waals surface area contributed by atoms with Crippen molar-refractivity contribution in [3.8, 4) is 0 Å². The number of nitrogens with zero attached hydrogens (tertiary/aromatic N) is 6. The summed E-state index contributed by atoms with van der Waals surface area (Å²) in [6.07, 6.45) is 5.93. The fraction of sp³-hybridized carbons (Fsp3) is 0.300. The van der Waals surface area contributed by atoms with Gasteiger partial charge in [-0.05, 0) is 18.9 Å². The van der Waals surface area contributed by atoms with Crippen LogP contribution in [0.2, 0.25) is 0 Å². The van der Waals surface area contributed by atoms with Gasteiger partial charge in [-0.25, -0.2) is 9.97 Å². The van der Waals surface area contributed by atoms with Gasteiger partial charge in [-0.15, -0.1) is 0 Å². The molecule has 8 nitrogen and oxygen atoms in total. The third kappa shape index (κ3) is 4.16. The first kappa shape index (κ1) is 20.7. The van der Waals surface area contributed by atoms with Crippen LogP contribution in [0.5, 0.6) is 0 Å². The van der Waals surface area contributed by atoms with Crippen LogP contribution in [0.3, 0.4) is 0 Å². The molecule has 10 heteroatoms. The summed E-state index contributed by atoms with van der Waals surface area (Å²) in [7, 11) is 0. The molecule has 1 N–H and O–H groups in total. The van der Waals surface area contributed by atoms with E-state index in [1.807, 2.05) is 26.1 Å². The maximum atomic E-state index is 14.6. The first-order valence-electron chi connectivity index (χ1n) is 9.69. The zero-order chi connectivity index (χ0) is 21.3. The topological polar surface area (TPSA) is 78.1 Å². The van der Waals surface area contributed by atoms with Gasteiger partial charge in [0.25, 0.3) is 0 Å². The number of hydrogen-bond donors (Lipinski definition) is 1. The van der Waals surface area contributed by atoms with Crippen molar-refractivity contribution in [3.05, 3.63) is 58.9 Å². The molecule has 1 amide bonds. The van der Waals surface area contributed by atoms with Crippen molar-refractivity contribution in [1.82, 2.24) is 22.4 Å². The monoisotopic (exact) mass is 599 g/mol. The van der Waals surface area contributed by atoms with Gasteiger partial charge in [-0.2, -0.15) is 0 Å². The zero-order valence-corrected chi connectivity index (χ0v) is 21.3. The Balaban J connectivity index is 1.51. The number of imidazole rings is 1. The van der Waals surface area contributed by atoms with Gasteiger partial charge in [0.1, 0.15) is 0 Å². The van der Waals surface area contributed by atoms with Crippen molar-refractivity contribution in [3.63, 3.8) is 0 Å². The van der Waals surface area contributed by atoms with Gasteiger partial charge in [-0.1, -0.05) is 6.92 Å². The van der Waals surface area contributed by atoms with E-state index in [1.165, 1.54) is 6.07 Å². The third-order valence-corrected chi connectivity index (χ3v) is 6.41. The molecule has 0 unspecified atom stereocenters. The molecule has 1 aliphatic rings. The van der Waals surface area contributed by atoms with Crippen LogP contribution in [-0.4, -0.2) is 68.5 Å². The number of hydrogen-bond acceptors (Lipinski definition) is 6. The second kappa shape index (κ2) is 8.66. The zero-order valence-electron chi connectivity index (χ0n) is 16.8. The van der Waals surface area contributed by atoms with Crippen molar-refractivity contribution < 1.29 is 9.18 Å². The average molecular weight is 599 g/mol. The number of benzene rings is 1. The summed E-state index contributed by atoms with van der Waals surface area (Å²) >= 11 is 0.692. The van der Waals surface area contributed by atoms with Gasteiger partial charge in [0, 0.05) is 12.4 Å². The van der Waals surface area contributed by atoms with Crippen LogP contribution in [0.15, 0.2) is 35.7 Å². The Hall–Kier alpha value is -2.57. The first-order chi connectivity index (χ1) is 14.5. The predicted octanol–water partition coefficient (Wildman–Crippen LogP) is 1.82. The number of carbonyl (C=O) groups is 1. The molecule has 0 saturated carbocycles. The van der Waals surface area contributed by atoms with E-state index in [-0.39, 0.29) is 18.3 Å². The van der Waals surface area contributed by atoms with Gasteiger partial charge >= 0.3 is 126 Å². The quantitative estimate of drug-likeness (QED) is 0.454. The third-order valence-electron chi connectivity index (χ3n) is 4.88. The molecule has 30 heavy (non-hydrogen) atoms. The van der Waals surface area contributed by atoms with Gasteiger partial charge in [0.05, 0.1) is 5.69 Å². The second-order valence-corrected chi connectivity index (χ2v) is 9.70. The number of fused-ring (bicyclic) bond motifs is 1. The molecule has 152 valence electrons. The van der Waals surface area contributed by atoms with Crippen molar-refractivity contribution >= 4 is 49.8 Å². The van der Waals surface area contributed by atoms with E-state index in [2.05, 4.69) is 23.1 Å². The van der Waals surface area contributed by atoms with Crippen molar-refractivity contribution in [2.24, 2.45) is 5.10 Å². The van der Waals surface area contributed by atoms with Gasteiger partial charge in [-0.3, -0.25) is 4.40 Å². The molecule has 1 aromatic carbocycles. The summed E-state index contributed by atoms with van der Waals surface area (Å²) in [6.45, 7) is 5.57. The molecular weight excluding hydrogens is 578 g/mol. The minimum absolute atomic E-state index is 0.213. The Bertz CT molecular complexity index is 1130. The van der Waals surface area contributed by atoms with Crippen molar-refractivity contribution in [2.75, 3.05) is 18.1 Å². The van der Waals surface area contributed by atoms with E-state index in [0.29, 0.717) is 67.4 Å². The predicted molar refractivity (Wildman–Crippen MR) is 113 cm³/mol. The van der Waals surface area contributed by atoms with Crippen LogP contribution in [0, 0.1) is 12.7 Å². The van der Waals surface area contributed by atoms with Gasteiger partial charge in [0.15, 0.2) is 0 Å². The van der Waals surface area contributed by atoms with E-state index in [4.69, 9.17) is 0 Å². The molecule has 3 aromatic rings. The van der Waals surface area contributed by atoms with E-state index in [9.17, 15) is 9.18 Å². The first-order valence-corrected chi connectivity index (χ1v) is 11.7. The van der Waals surface area contributed by atoms with Crippen LogP contribution >= 0.6 is 0 Å². The van der Waals surface area contributed by atoms with E-state index >= 15 is 0 Å². The van der Waals surface area contributed by atoms with Crippen LogP contribution in [0.25, 0.3) is 5.78 Å².